The van der Waals surface area contributed by atoms with Crippen molar-refractivity contribution in [1.29, 1.82) is 0 Å². The fourth-order valence-corrected chi connectivity index (χ4v) is 1.83. The van der Waals surface area contributed by atoms with Crippen LogP contribution < -0.4 is 10.5 Å². The molecule has 0 heterocycles. The minimum absolute atomic E-state index is 0.0363. The Kier molecular flexibility index (Phi) is 4.96. The lowest BCUT2D eigenvalue weighted by Crippen LogP contribution is -2.46. The molecule has 0 unspecified atom stereocenters. The van der Waals surface area contributed by atoms with Crippen molar-refractivity contribution in [3.05, 3.63) is 28.2 Å². The Morgan fingerprint density at radius 3 is 1.95 bits per heavy atom. The summed E-state index contributed by atoms with van der Waals surface area (Å²) in [7, 11) is 0. The topological polar surface area (TPSA) is 35.2 Å². The van der Waals surface area contributed by atoms with Gasteiger partial charge in [0.2, 0.25) is 0 Å². The third-order valence-electron chi connectivity index (χ3n) is 2.32. The zero-order valence-corrected chi connectivity index (χ0v) is 11.6. The molecule has 0 saturated heterocycles. The quantitative estimate of drug-likeness (QED) is 0.808. The summed E-state index contributed by atoms with van der Waals surface area (Å²) in [4.78, 5) is 0. The van der Waals surface area contributed by atoms with Gasteiger partial charge < -0.3 is 10.5 Å². The average molecular weight is 366 g/mol. The van der Waals surface area contributed by atoms with Gasteiger partial charge in [0, 0.05) is 6.04 Å². The number of hydrogen-bond donors (Lipinski definition) is 1. The maximum Gasteiger partial charge on any atom is 0.434 e. The summed E-state index contributed by atoms with van der Waals surface area (Å²) in [6.07, 6.45) is -15.0. The Labute approximate surface area is 119 Å². The van der Waals surface area contributed by atoms with E-state index in [1.165, 1.54) is 12.1 Å². The smallest absolute Gasteiger partial charge is 0.434 e. The highest BCUT2D eigenvalue weighted by Crippen LogP contribution is 2.38. The molecule has 0 aliphatic carbocycles. The molecule has 0 radical (unpaired) electrons. The van der Waals surface area contributed by atoms with Crippen LogP contribution in [-0.4, -0.2) is 18.5 Å². The van der Waals surface area contributed by atoms with Gasteiger partial charge in [-0.3, -0.25) is 0 Å². The number of hydrogen-bond acceptors (Lipinski definition) is 2. The van der Waals surface area contributed by atoms with Crippen LogP contribution in [0.4, 0.5) is 26.3 Å². The van der Waals surface area contributed by atoms with Crippen LogP contribution >= 0.6 is 15.9 Å². The molecule has 9 heteroatoms. The van der Waals surface area contributed by atoms with E-state index in [1.54, 1.807) is 6.92 Å². The van der Waals surface area contributed by atoms with Gasteiger partial charge in [-0.1, -0.05) is 6.07 Å². The minimum atomic E-state index is -5.56. The van der Waals surface area contributed by atoms with E-state index < -0.39 is 30.2 Å². The first-order valence-corrected chi connectivity index (χ1v) is 6.07. The lowest BCUT2D eigenvalue weighted by atomic mass is 10.1. The third-order valence-corrected chi connectivity index (χ3v) is 2.94. The van der Waals surface area contributed by atoms with E-state index in [2.05, 4.69) is 20.7 Å². The van der Waals surface area contributed by atoms with Gasteiger partial charge in [0.15, 0.2) is 0 Å². The lowest BCUT2D eigenvalue weighted by molar-refractivity contribution is -0.300. The molecule has 2 nitrogen and oxygen atoms in total. The molecule has 2 N–H and O–H groups in total. The van der Waals surface area contributed by atoms with Crippen molar-refractivity contribution in [2.75, 3.05) is 0 Å². The van der Waals surface area contributed by atoms with Crippen LogP contribution in [-0.2, 0) is 0 Å². The summed E-state index contributed by atoms with van der Waals surface area (Å²) < 4.78 is 78.2. The van der Waals surface area contributed by atoms with E-state index in [9.17, 15) is 26.3 Å². The van der Waals surface area contributed by atoms with Crippen LogP contribution in [0.2, 0.25) is 0 Å². The summed E-state index contributed by atoms with van der Waals surface area (Å²) in [5.74, 6) is -0.561. The van der Waals surface area contributed by atoms with Gasteiger partial charge in [-0.15, -0.1) is 0 Å². The summed E-state index contributed by atoms with van der Waals surface area (Å²) in [6.45, 7) is 1.62. The second-order valence-electron chi connectivity index (χ2n) is 4.06. The van der Waals surface area contributed by atoms with Crippen molar-refractivity contribution in [1.82, 2.24) is 0 Å². The van der Waals surface area contributed by atoms with Gasteiger partial charge in [-0.25, -0.2) is 0 Å². The Balaban J connectivity index is 3.07. The summed E-state index contributed by atoms with van der Waals surface area (Å²) in [5.41, 5.74) is 6.09. The second-order valence-corrected chi connectivity index (χ2v) is 4.91. The van der Waals surface area contributed by atoms with Crippen molar-refractivity contribution < 1.29 is 31.1 Å². The third kappa shape index (κ3) is 4.27. The normalized spacial score (nSPS) is 14.5. The maximum atomic E-state index is 12.4. The van der Waals surface area contributed by atoms with Gasteiger partial charge >= 0.3 is 12.4 Å². The fraction of sp³-hybridized carbons (Fsp3) is 0.455. The highest BCUT2D eigenvalue weighted by molar-refractivity contribution is 9.10. The summed E-state index contributed by atoms with van der Waals surface area (Å²) in [5, 5.41) is 0. The van der Waals surface area contributed by atoms with Gasteiger partial charge in [0.05, 0.1) is 4.47 Å². The average Bonchev–Trinajstić information content (AvgIpc) is 2.23. The first kappa shape index (κ1) is 17.1. The number of alkyl halides is 6. The molecule has 0 spiro atoms. The number of ether oxygens (including phenoxy) is 1. The standard InChI is InChI=1S/C11H10BrF6NO/c1-5(19)6-2-3-8(7(12)4-6)20-9(10(13,14)15)11(16,17)18/h2-5,9H,19H2,1H3/t5-/m1/s1. The highest BCUT2D eigenvalue weighted by atomic mass is 79.9. The van der Waals surface area contributed by atoms with Crippen molar-refractivity contribution in [3.8, 4) is 5.75 Å². The molecule has 1 rings (SSSR count). The number of benzene rings is 1. The SMILES string of the molecule is C[C@@H](N)c1ccc(OC(C(F)(F)F)C(F)(F)F)c(Br)c1. The molecule has 0 amide bonds. The van der Waals surface area contributed by atoms with Crippen molar-refractivity contribution in [2.24, 2.45) is 5.73 Å². The van der Waals surface area contributed by atoms with E-state index in [0.717, 1.165) is 6.07 Å². The van der Waals surface area contributed by atoms with E-state index in [0.29, 0.717) is 5.56 Å². The summed E-state index contributed by atoms with van der Waals surface area (Å²) in [6, 6.07) is 3.20. The van der Waals surface area contributed by atoms with Crippen LogP contribution in [0, 0.1) is 0 Å². The Hall–Kier alpha value is -0.960. The van der Waals surface area contributed by atoms with E-state index in [-0.39, 0.29) is 4.47 Å². The molecule has 1 aromatic carbocycles. The lowest BCUT2D eigenvalue weighted by Gasteiger charge is -2.24. The van der Waals surface area contributed by atoms with Crippen LogP contribution in [0.3, 0.4) is 0 Å². The first-order valence-electron chi connectivity index (χ1n) is 5.28. The predicted octanol–water partition coefficient (Wildman–Crippen LogP) is 4.34. The van der Waals surface area contributed by atoms with Crippen LogP contribution in [0.5, 0.6) is 5.75 Å². The molecule has 0 aromatic heterocycles. The molecule has 0 aliphatic rings. The zero-order valence-electron chi connectivity index (χ0n) is 10.0. The van der Waals surface area contributed by atoms with E-state index in [1.807, 2.05) is 0 Å². The van der Waals surface area contributed by atoms with Crippen LogP contribution in [0.1, 0.15) is 18.5 Å². The molecule has 0 fully saturated rings. The molecule has 1 atom stereocenters. The van der Waals surface area contributed by atoms with Crippen molar-refractivity contribution in [3.63, 3.8) is 0 Å². The molecule has 0 saturated carbocycles. The fourth-order valence-electron chi connectivity index (χ4n) is 1.34. The molecule has 1 aromatic rings. The highest BCUT2D eigenvalue weighted by Gasteiger charge is 2.59. The predicted molar refractivity (Wildman–Crippen MR) is 63.3 cm³/mol. The Bertz CT molecular complexity index is 457. The van der Waals surface area contributed by atoms with Crippen LogP contribution in [0.25, 0.3) is 0 Å². The molecule has 114 valence electrons. The molecular weight excluding hydrogens is 356 g/mol. The molecule has 0 aliphatic heterocycles. The van der Waals surface area contributed by atoms with Gasteiger partial charge in [-0.2, -0.15) is 26.3 Å². The van der Waals surface area contributed by atoms with Gasteiger partial charge in [0.1, 0.15) is 5.75 Å². The Morgan fingerprint density at radius 2 is 1.60 bits per heavy atom. The molecule has 0 bridgehead atoms. The first-order chi connectivity index (χ1) is 8.93. The maximum absolute atomic E-state index is 12.4. The zero-order chi connectivity index (χ0) is 15.7. The van der Waals surface area contributed by atoms with Crippen molar-refractivity contribution in [2.45, 2.75) is 31.4 Å². The number of rotatable bonds is 3. The number of nitrogens with two attached hydrogens (primary N) is 1. The summed E-state index contributed by atoms with van der Waals surface area (Å²) >= 11 is 2.86. The van der Waals surface area contributed by atoms with Crippen LogP contribution in [0.15, 0.2) is 22.7 Å². The van der Waals surface area contributed by atoms with Crippen molar-refractivity contribution >= 4 is 15.9 Å². The second kappa shape index (κ2) is 5.80. The largest absolute Gasteiger partial charge is 0.470 e. The van der Waals surface area contributed by atoms with Gasteiger partial charge in [-0.05, 0) is 40.5 Å². The molecular formula is C11H10BrF6NO. The van der Waals surface area contributed by atoms with Gasteiger partial charge in [0.25, 0.3) is 6.10 Å². The van der Waals surface area contributed by atoms with E-state index in [4.69, 9.17) is 5.73 Å². The molecule has 20 heavy (non-hydrogen) atoms. The number of halogens is 7. The van der Waals surface area contributed by atoms with E-state index >= 15 is 0 Å². The minimum Gasteiger partial charge on any atom is -0.470 e. The Morgan fingerprint density at radius 1 is 1.10 bits per heavy atom. The monoisotopic (exact) mass is 365 g/mol.